The van der Waals surface area contributed by atoms with E-state index in [0.29, 0.717) is 34.2 Å². The van der Waals surface area contributed by atoms with Crippen LogP contribution in [0.5, 0.6) is 0 Å². The van der Waals surface area contributed by atoms with Crippen LogP contribution >= 0.6 is 0 Å². The van der Waals surface area contributed by atoms with Crippen molar-refractivity contribution >= 4 is 63.2 Å². The van der Waals surface area contributed by atoms with E-state index in [4.69, 9.17) is 9.97 Å². The molecule has 350 valence electrons. The molecule has 0 bridgehead atoms. The molecular formula is C51H38F8K2N8Pt. The smallest absolute Gasteiger partial charge is 2.00 e. The van der Waals surface area contributed by atoms with Crippen LogP contribution in [0.15, 0.2) is 109 Å². The van der Waals surface area contributed by atoms with Crippen molar-refractivity contribution in [2.24, 2.45) is 0 Å². The van der Waals surface area contributed by atoms with E-state index < -0.39 is 58.4 Å². The second-order valence-electron chi connectivity index (χ2n) is 15.9. The van der Waals surface area contributed by atoms with Gasteiger partial charge in [-0.3, -0.25) is 19.9 Å². The minimum atomic E-state index is -0.991. The Morgan fingerprint density at radius 1 is 0.371 bits per heavy atom. The van der Waals surface area contributed by atoms with E-state index in [0.717, 1.165) is 75.6 Å². The molecule has 19 heteroatoms. The fourth-order valence-corrected chi connectivity index (χ4v) is 8.94. The largest absolute Gasteiger partial charge is 2.00 e. The predicted octanol–water partition coefficient (Wildman–Crippen LogP) is 11.5. The molecular weight excluding hydrogens is 1150 g/mol. The van der Waals surface area contributed by atoms with Gasteiger partial charge in [0.05, 0.1) is 44.7 Å². The van der Waals surface area contributed by atoms with Crippen LogP contribution in [0.4, 0.5) is 35.1 Å². The molecule has 0 radical (unpaired) electrons. The third-order valence-electron chi connectivity index (χ3n) is 12.1. The van der Waals surface area contributed by atoms with Crippen LogP contribution in [0.1, 0.15) is 81.6 Å². The van der Waals surface area contributed by atoms with Crippen molar-refractivity contribution in [1.82, 2.24) is 39.9 Å². The van der Waals surface area contributed by atoms with Crippen molar-refractivity contribution < 1.29 is 56.2 Å². The van der Waals surface area contributed by atoms with Gasteiger partial charge in [0, 0.05) is 11.4 Å². The number of hydrogen-bond acceptors (Lipinski definition) is 8. The van der Waals surface area contributed by atoms with Gasteiger partial charge in [0.25, 0.3) is 0 Å². The standard InChI is InChI=1S/C25H18F4N4.C25H16F4N4.CH4.2K.Pt/c2*26-21-11-9-15(23(28)32-21)17-5-3-7-19(30-17)25(13-1-2-14-25)20-8-4-6-18(31-20)16-10-12-22(27)33-24(16)29;;;;/h3-12H,1-2,13-14H2;3-8,11-12H,1-2,13-14H2;1H4;;;/q;-2;;;;+2. The second kappa shape index (κ2) is 25.0. The van der Waals surface area contributed by atoms with Crippen molar-refractivity contribution in [2.75, 3.05) is 0 Å². The van der Waals surface area contributed by atoms with Crippen molar-refractivity contribution in [3.05, 3.63) is 192 Å². The predicted molar refractivity (Wildman–Crippen MR) is 244 cm³/mol. The zero-order valence-corrected chi connectivity index (χ0v) is 45.5. The zero-order valence-electron chi connectivity index (χ0n) is 37.0. The molecule has 0 amide bonds. The van der Waals surface area contributed by atoms with Gasteiger partial charge >= 0.3 is 84.2 Å². The molecule has 0 N–H and O–H groups in total. The van der Waals surface area contributed by atoms with Crippen LogP contribution < -0.4 is 0 Å². The van der Waals surface area contributed by atoms with Crippen molar-refractivity contribution in [2.45, 2.75) is 69.6 Å². The first-order valence-electron chi connectivity index (χ1n) is 22.0. The minimum Gasteiger partial charge on any atom is 2.00 e. The number of rotatable bonds is 8. The third kappa shape index (κ3) is 12.2. The Kier molecular flexibility index (Phi) is 20.0. The van der Waals surface area contributed by atoms with Gasteiger partial charge in [-0.2, -0.15) is 27.5 Å². The first kappa shape index (κ1) is 55.9. The number of aromatic nitrogens is 8. The maximum absolute atomic E-state index is 14.3. The Hall–Kier alpha value is -3.40. The van der Waals surface area contributed by atoms with E-state index in [2.05, 4.69) is 42.0 Å². The summed E-state index contributed by atoms with van der Waals surface area (Å²) in [6, 6.07) is 32.8. The summed E-state index contributed by atoms with van der Waals surface area (Å²) in [5.74, 6) is -7.56. The topological polar surface area (TPSA) is 103 Å². The molecule has 0 aromatic carbocycles. The van der Waals surface area contributed by atoms with Crippen LogP contribution in [0.25, 0.3) is 45.0 Å². The van der Waals surface area contributed by atoms with E-state index in [1.807, 2.05) is 24.3 Å². The van der Waals surface area contributed by atoms with Crippen LogP contribution in [-0.4, -0.2) is 103 Å². The van der Waals surface area contributed by atoms with E-state index in [1.54, 1.807) is 48.5 Å². The molecule has 70 heavy (non-hydrogen) atoms. The van der Waals surface area contributed by atoms with Gasteiger partial charge in [-0.1, -0.05) is 92.8 Å². The summed E-state index contributed by atoms with van der Waals surface area (Å²) < 4.78 is 110. The summed E-state index contributed by atoms with van der Waals surface area (Å²) in [6.07, 6.45) is 6.73. The number of nitrogens with zero attached hydrogens (tertiary/aromatic N) is 8. The molecule has 0 spiro atoms. The molecule has 2 aliphatic carbocycles. The van der Waals surface area contributed by atoms with Crippen LogP contribution in [-0.2, 0) is 31.9 Å². The SMILES string of the molecule is C.Fc1c[c-]c(-c2cccc(C3(c4cccc(-c5[c-]cc(F)nc5F)n4)CCCC3)n2)c(F)n1.Fc1ccc(-c2cccc(C3(c4cccc(-c5ccc(F)nc5F)n4)CCCC3)n2)c(F)n1.[K][K].[Pt+2]. The van der Waals surface area contributed by atoms with Gasteiger partial charge in [0.2, 0.25) is 23.8 Å². The molecule has 0 aliphatic heterocycles. The Bertz CT molecular complexity index is 2700. The Morgan fingerprint density at radius 2 is 0.671 bits per heavy atom. The van der Waals surface area contributed by atoms with Gasteiger partial charge in [0.15, 0.2) is 0 Å². The molecule has 0 saturated heterocycles. The molecule has 8 heterocycles. The first-order chi connectivity index (χ1) is 32.9. The average molecular weight is 1190 g/mol. The Morgan fingerprint density at radius 3 is 0.986 bits per heavy atom. The number of halogens is 8. The molecule has 2 fully saturated rings. The normalized spacial score (nSPS) is 14.3. The van der Waals surface area contributed by atoms with E-state index >= 15 is 0 Å². The molecule has 8 aromatic heterocycles. The van der Waals surface area contributed by atoms with E-state index in [1.165, 1.54) is 75.3 Å². The van der Waals surface area contributed by atoms with E-state index in [-0.39, 0.29) is 62.1 Å². The summed E-state index contributed by atoms with van der Waals surface area (Å²) in [7, 11) is 0. The average Bonchev–Trinajstić information content (AvgIpc) is 4.06. The molecule has 2 aliphatic rings. The summed E-state index contributed by atoms with van der Waals surface area (Å²) in [4.78, 5) is 31.8. The maximum atomic E-state index is 14.3. The second-order valence-corrected chi connectivity index (χ2v) is 15.9. The molecule has 8 nitrogen and oxygen atoms in total. The third-order valence-corrected chi connectivity index (χ3v) is 12.1. The van der Waals surface area contributed by atoms with Crippen LogP contribution in [0.3, 0.4) is 0 Å². The van der Waals surface area contributed by atoms with Crippen LogP contribution in [0, 0.1) is 59.7 Å². The fourth-order valence-electron chi connectivity index (χ4n) is 8.94. The molecule has 0 unspecified atom stereocenters. The molecule has 0 atom stereocenters. The number of pyridine rings is 8. The van der Waals surface area contributed by atoms with Gasteiger partial charge in [0.1, 0.15) is 23.8 Å². The van der Waals surface area contributed by atoms with E-state index in [9.17, 15) is 35.1 Å². The minimum absolute atomic E-state index is 0. The summed E-state index contributed by atoms with van der Waals surface area (Å²) in [5, 5.41) is 0. The maximum Gasteiger partial charge on any atom is 2.00 e. The van der Waals surface area contributed by atoms with Gasteiger partial charge < -0.3 is 9.97 Å². The summed E-state index contributed by atoms with van der Waals surface area (Å²) in [6.45, 7) is 0. The monoisotopic (exact) mass is 1190 g/mol. The number of hydrogen-bond donors (Lipinski definition) is 0. The van der Waals surface area contributed by atoms with Gasteiger partial charge in [-0.15, -0.1) is 12.1 Å². The van der Waals surface area contributed by atoms with Gasteiger partial charge in [-0.05, 0) is 97.7 Å². The Balaban J connectivity index is 0.000000216. The quantitative estimate of drug-likeness (QED) is 0.0642. The van der Waals surface area contributed by atoms with Crippen LogP contribution in [0.2, 0.25) is 0 Å². The van der Waals surface area contributed by atoms with Crippen molar-refractivity contribution in [3.63, 3.8) is 0 Å². The molecule has 10 rings (SSSR count). The summed E-state index contributed by atoms with van der Waals surface area (Å²) >= 11 is 2.50. The van der Waals surface area contributed by atoms with Crippen molar-refractivity contribution in [1.29, 1.82) is 0 Å². The zero-order chi connectivity index (χ0) is 48.0. The van der Waals surface area contributed by atoms with Gasteiger partial charge in [-0.25, -0.2) is 17.6 Å². The Labute approximate surface area is 459 Å². The fraction of sp³-hybridized carbons (Fsp3) is 0.216. The first-order valence-corrected chi connectivity index (χ1v) is 38.0. The molecule has 2 saturated carbocycles. The van der Waals surface area contributed by atoms with Crippen molar-refractivity contribution in [3.8, 4) is 45.0 Å². The molecule has 8 aromatic rings. The summed E-state index contributed by atoms with van der Waals surface area (Å²) in [5.41, 5.74) is 2.99.